The molecule has 22 heavy (non-hydrogen) atoms. The maximum atomic E-state index is 13.6. The lowest BCUT2D eigenvalue weighted by molar-refractivity contribution is -0.132. The number of nitrogens with two attached hydrogens (primary N) is 1. The summed E-state index contributed by atoms with van der Waals surface area (Å²) in [5, 5.41) is 0. The number of nitrogens with zero attached hydrogens (tertiary/aromatic N) is 1. The van der Waals surface area contributed by atoms with Crippen LogP contribution in [-0.4, -0.2) is 36.5 Å². The largest absolute Gasteiger partial charge is 0.490 e. The first-order chi connectivity index (χ1) is 10.0. The second-order valence-electron chi connectivity index (χ2n) is 5.41. The number of carbonyl (C=O) groups excluding carboxylic acids is 1. The molecule has 0 saturated carbocycles. The van der Waals surface area contributed by atoms with Gasteiger partial charge in [-0.1, -0.05) is 15.9 Å². The Kier molecular flexibility index (Phi) is 7.59. The smallest absolute Gasteiger partial charge is 0.226 e. The van der Waals surface area contributed by atoms with E-state index in [4.69, 9.17) is 10.5 Å². The van der Waals surface area contributed by atoms with Crippen molar-refractivity contribution in [3.05, 3.63) is 28.5 Å². The van der Waals surface area contributed by atoms with Gasteiger partial charge in [0.15, 0.2) is 11.6 Å². The first-order valence-electron chi connectivity index (χ1n) is 7.08. The standard InChI is InChI=1S/C15H20BrFN2O2.ClH/c1-10-6-11(8-18)9-19(10)15(20)4-5-21-14-3-2-12(16)7-13(14)17;/h2-3,7,10-11H,4-6,8-9,18H2,1H3;1H. The van der Waals surface area contributed by atoms with E-state index in [0.29, 0.717) is 23.5 Å². The molecule has 2 N–H and O–H groups in total. The SMILES string of the molecule is CC1CC(CN)CN1C(=O)CCOc1ccc(Br)cc1F.Cl. The Balaban J connectivity index is 0.00000242. The van der Waals surface area contributed by atoms with E-state index in [9.17, 15) is 9.18 Å². The molecule has 0 spiro atoms. The van der Waals surface area contributed by atoms with Gasteiger partial charge < -0.3 is 15.4 Å². The van der Waals surface area contributed by atoms with Crippen LogP contribution in [0.1, 0.15) is 19.8 Å². The van der Waals surface area contributed by atoms with Crippen molar-refractivity contribution in [1.82, 2.24) is 4.90 Å². The molecular weight excluding hydrogens is 375 g/mol. The number of benzene rings is 1. The fraction of sp³-hybridized carbons (Fsp3) is 0.533. The molecule has 1 aliphatic heterocycles. The lowest BCUT2D eigenvalue weighted by atomic mass is 10.1. The third-order valence-corrected chi connectivity index (χ3v) is 4.28. The van der Waals surface area contributed by atoms with Gasteiger partial charge in [0.25, 0.3) is 0 Å². The van der Waals surface area contributed by atoms with Crippen molar-refractivity contribution < 1.29 is 13.9 Å². The van der Waals surface area contributed by atoms with Crippen LogP contribution in [0.3, 0.4) is 0 Å². The Labute approximate surface area is 144 Å². The molecule has 1 aromatic rings. The number of hydrogen-bond donors (Lipinski definition) is 1. The van der Waals surface area contributed by atoms with Crippen LogP contribution < -0.4 is 10.5 Å². The van der Waals surface area contributed by atoms with Crippen molar-refractivity contribution in [2.24, 2.45) is 11.7 Å². The average molecular weight is 396 g/mol. The molecule has 1 saturated heterocycles. The Hall–Kier alpha value is -0.850. The minimum Gasteiger partial charge on any atom is -0.490 e. The van der Waals surface area contributed by atoms with Gasteiger partial charge in [-0.15, -0.1) is 12.4 Å². The van der Waals surface area contributed by atoms with Crippen LogP contribution in [0.4, 0.5) is 4.39 Å². The van der Waals surface area contributed by atoms with E-state index in [1.807, 2.05) is 11.8 Å². The summed E-state index contributed by atoms with van der Waals surface area (Å²) < 4.78 is 19.6. The zero-order valence-electron chi connectivity index (χ0n) is 12.4. The Bertz CT molecular complexity index is 518. The fourth-order valence-electron chi connectivity index (χ4n) is 2.64. The average Bonchev–Trinajstić information content (AvgIpc) is 2.82. The van der Waals surface area contributed by atoms with Crippen molar-refractivity contribution in [3.63, 3.8) is 0 Å². The molecule has 1 aliphatic rings. The van der Waals surface area contributed by atoms with Gasteiger partial charge in [-0.25, -0.2) is 4.39 Å². The van der Waals surface area contributed by atoms with Crippen LogP contribution in [0.25, 0.3) is 0 Å². The molecule has 0 aliphatic carbocycles. The molecule has 1 fully saturated rings. The summed E-state index contributed by atoms with van der Waals surface area (Å²) in [5.74, 6) is 0.152. The van der Waals surface area contributed by atoms with E-state index in [-0.39, 0.29) is 43.1 Å². The van der Waals surface area contributed by atoms with Crippen LogP contribution in [-0.2, 0) is 4.79 Å². The van der Waals surface area contributed by atoms with E-state index < -0.39 is 5.82 Å². The molecule has 1 amide bonds. The number of likely N-dealkylation sites (tertiary alicyclic amines) is 1. The molecule has 2 atom stereocenters. The van der Waals surface area contributed by atoms with Crippen LogP contribution in [0.15, 0.2) is 22.7 Å². The van der Waals surface area contributed by atoms with Crippen LogP contribution in [0, 0.1) is 11.7 Å². The monoisotopic (exact) mass is 394 g/mol. The number of rotatable bonds is 5. The van der Waals surface area contributed by atoms with Crippen molar-refractivity contribution >= 4 is 34.2 Å². The number of carbonyl (C=O) groups is 1. The normalized spacial score (nSPS) is 20.6. The molecular formula is C15H21BrClFN2O2. The Morgan fingerprint density at radius 2 is 2.27 bits per heavy atom. The second-order valence-corrected chi connectivity index (χ2v) is 6.32. The van der Waals surface area contributed by atoms with Gasteiger partial charge in [0.1, 0.15) is 0 Å². The molecule has 4 nitrogen and oxygen atoms in total. The lowest BCUT2D eigenvalue weighted by Gasteiger charge is -2.21. The Morgan fingerprint density at radius 3 is 2.86 bits per heavy atom. The van der Waals surface area contributed by atoms with E-state index in [1.54, 1.807) is 12.1 Å². The maximum absolute atomic E-state index is 13.6. The van der Waals surface area contributed by atoms with Gasteiger partial charge in [-0.05, 0) is 44.0 Å². The number of halogens is 3. The third kappa shape index (κ3) is 4.83. The predicted molar refractivity (Wildman–Crippen MR) is 89.8 cm³/mol. The predicted octanol–water partition coefficient (Wildman–Crippen LogP) is 2.97. The molecule has 0 bridgehead atoms. The molecule has 2 rings (SSSR count). The van der Waals surface area contributed by atoms with Gasteiger partial charge in [0.2, 0.25) is 5.91 Å². The number of amides is 1. The summed E-state index contributed by atoms with van der Waals surface area (Å²) in [7, 11) is 0. The van der Waals surface area contributed by atoms with Crippen molar-refractivity contribution in [1.29, 1.82) is 0 Å². The van der Waals surface area contributed by atoms with Crippen molar-refractivity contribution in [2.45, 2.75) is 25.8 Å². The zero-order valence-corrected chi connectivity index (χ0v) is 14.8. The van der Waals surface area contributed by atoms with Crippen LogP contribution >= 0.6 is 28.3 Å². The fourth-order valence-corrected chi connectivity index (χ4v) is 2.98. The maximum Gasteiger partial charge on any atom is 0.226 e. The zero-order chi connectivity index (χ0) is 15.4. The quantitative estimate of drug-likeness (QED) is 0.834. The molecule has 1 aromatic carbocycles. The Morgan fingerprint density at radius 1 is 1.55 bits per heavy atom. The lowest BCUT2D eigenvalue weighted by Crippen LogP contribution is -2.35. The summed E-state index contributed by atoms with van der Waals surface area (Å²) in [6, 6.07) is 4.81. The van der Waals surface area contributed by atoms with E-state index in [2.05, 4.69) is 15.9 Å². The van der Waals surface area contributed by atoms with Crippen molar-refractivity contribution in [3.8, 4) is 5.75 Å². The minimum atomic E-state index is -0.436. The second kappa shape index (κ2) is 8.70. The number of ether oxygens (including phenoxy) is 1. The van der Waals surface area contributed by atoms with Crippen LogP contribution in [0.5, 0.6) is 5.75 Å². The van der Waals surface area contributed by atoms with Gasteiger partial charge in [-0.3, -0.25) is 4.79 Å². The molecule has 7 heteroatoms. The summed E-state index contributed by atoms with van der Waals surface area (Å²) in [5.41, 5.74) is 5.66. The van der Waals surface area contributed by atoms with E-state index in [1.165, 1.54) is 6.07 Å². The molecule has 0 radical (unpaired) electrons. The summed E-state index contributed by atoms with van der Waals surface area (Å²) in [4.78, 5) is 14.0. The van der Waals surface area contributed by atoms with Crippen LogP contribution in [0.2, 0.25) is 0 Å². The van der Waals surface area contributed by atoms with Gasteiger partial charge in [0.05, 0.1) is 13.0 Å². The first-order valence-corrected chi connectivity index (χ1v) is 7.88. The molecule has 2 unspecified atom stereocenters. The van der Waals surface area contributed by atoms with Crippen molar-refractivity contribution in [2.75, 3.05) is 19.7 Å². The summed E-state index contributed by atoms with van der Waals surface area (Å²) in [6.07, 6.45) is 1.20. The van der Waals surface area contributed by atoms with E-state index in [0.717, 1.165) is 6.42 Å². The number of hydrogen-bond acceptors (Lipinski definition) is 3. The summed E-state index contributed by atoms with van der Waals surface area (Å²) in [6.45, 7) is 3.52. The third-order valence-electron chi connectivity index (χ3n) is 3.78. The highest BCUT2D eigenvalue weighted by molar-refractivity contribution is 9.10. The highest BCUT2D eigenvalue weighted by atomic mass is 79.9. The van der Waals surface area contributed by atoms with E-state index >= 15 is 0 Å². The molecule has 124 valence electrons. The minimum absolute atomic E-state index is 0. The summed E-state index contributed by atoms with van der Waals surface area (Å²) >= 11 is 3.18. The molecule has 0 aromatic heterocycles. The highest BCUT2D eigenvalue weighted by Gasteiger charge is 2.31. The van der Waals surface area contributed by atoms with Gasteiger partial charge in [0, 0.05) is 17.1 Å². The first kappa shape index (κ1) is 19.2. The van der Waals surface area contributed by atoms with Gasteiger partial charge >= 0.3 is 0 Å². The van der Waals surface area contributed by atoms with Gasteiger partial charge in [-0.2, -0.15) is 0 Å². The topological polar surface area (TPSA) is 55.6 Å². The molecule has 1 heterocycles. The highest BCUT2D eigenvalue weighted by Crippen LogP contribution is 2.24.